The van der Waals surface area contributed by atoms with Crippen molar-refractivity contribution in [1.29, 1.82) is 0 Å². The Morgan fingerprint density at radius 1 is 1.21 bits per heavy atom. The van der Waals surface area contributed by atoms with Gasteiger partial charge in [0.1, 0.15) is 5.82 Å². The molecule has 6 nitrogen and oxygen atoms in total. The van der Waals surface area contributed by atoms with Crippen LogP contribution in [0, 0.1) is 5.82 Å². The van der Waals surface area contributed by atoms with Gasteiger partial charge in [-0.05, 0) is 29.8 Å². The van der Waals surface area contributed by atoms with E-state index in [0.717, 1.165) is 17.0 Å². The molecule has 28 heavy (non-hydrogen) atoms. The Labute approximate surface area is 185 Å². The standard InChI is InChI=1S/C19H22ClFN6.HI/c1-19(2,14-8-7-13(21)10-15(14)20)12-24-18(22-3)23-11-17-26-25-16-6-4-5-9-27(16)17;/h4-10H,11-12H2,1-3H3,(H2,22,23,24);1H. The fraction of sp³-hybridized carbons (Fsp3) is 0.316. The molecule has 2 aromatic heterocycles. The highest BCUT2D eigenvalue weighted by Crippen LogP contribution is 2.29. The van der Waals surface area contributed by atoms with E-state index in [1.807, 2.05) is 42.6 Å². The summed E-state index contributed by atoms with van der Waals surface area (Å²) in [6, 6.07) is 10.2. The molecule has 0 aliphatic rings. The van der Waals surface area contributed by atoms with E-state index in [0.29, 0.717) is 24.1 Å². The van der Waals surface area contributed by atoms with E-state index in [9.17, 15) is 4.39 Å². The van der Waals surface area contributed by atoms with Crippen molar-refractivity contribution in [1.82, 2.24) is 25.2 Å². The number of hydrogen-bond acceptors (Lipinski definition) is 3. The average Bonchev–Trinajstić information content (AvgIpc) is 3.05. The van der Waals surface area contributed by atoms with E-state index in [4.69, 9.17) is 11.6 Å². The first-order chi connectivity index (χ1) is 12.9. The number of guanidine groups is 1. The van der Waals surface area contributed by atoms with Gasteiger partial charge in [0.15, 0.2) is 17.4 Å². The molecule has 0 unspecified atom stereocenters. The molecule has 0 amide bonds. The van der Waals surface area contributed by atoms with Gasteiger partial charge in [0.05, 0.1) is 6.54 Å². The second kappa shape index (κ2) is 9.51. The van der Waals surface area contributed by atoms with E-state index in [1.165, 1.54) is 12.1 Å². The molecule has 0 bridgehead atoms. The molecule has 150 valence electrons. The van der Waals surface area contributed by atoms with Crippen molar-refractivity contribution in [3.63, 3.8) is 0 Å². The molecule has 2 N–H and O–H groups in total. The van der Waals surface area contributed by atoms with Crippen molar-refractivity contribution >= 4 is 47.2 Å². The van der Waals surface area contributed by atoms with Crippen molar-refractivity contribution in [3.8, 4) is 0 Å². The molecule has 1 aromatic carbocycles. The molecular formula is C19H23ClFIN6. The first-order valence-corrected chi connectivity index (χ1v) is 8.97. The Balaban J connectivity index is 0.00000280. The fourth-order valence-corrected chi connectivity index (χ4v) is 3.26. The lowest BCUT2D eigenvalue weighted by atomic mass is 9.84. The lowest BCUT2D eigenvalue weighted by Crippen LogP contribution is -2.43. The summed E-state index contributed by atoms with van der Waals surface area (Å²) in [5.41, 5.74) is 1.35. The van der Waals surface area contributed by atoms with Crippen LogP contribution in [0.25, 0.3) is 5.65 Å². The maximum absolute atomic E-state index is 13.3. The van der Waals surface area contributed by atoms with Gasteiger partial charge in [-0.2, -0.15) is 0 Å². The third-order valence-corrected chi connectivity index (χ3v) is 4.69. The highest BCUT2D eigenvalue weighted by molar-refractivity contribution is 14.0. The van der Waals surface area contributed by atoms with Gasteiger partial charge in [0.2, 0.25) is 0 Å². The molecule has 0 saturated carbocycles. The molecule has 0 atom stereocenters. The summed E-state index contributed by atoms with van der Waals surface area (Å²) in [5, 5.41) is 15.3. The van der Waals surface area contributed by atoms with Crippen LogP contribution in [0.1, 0.15) is 25.2 Å². The summed E-state index contributed by atoms with van der Waals surface area (Å²) in [4.78, 5) is 4.24. The minimum atomic E-state index is -0.342. The summed E-state index contributed by atoms with van der Waals surface area (Å²) in [6.07, 6.45) is 1.92. The zero-order valence-electron chi connectivity index (χ0n) is 15.9. The number of halogens is 3. The molecular weight excluding hydrogens is 494 g/mol. The van der Waals surface area contributed by atoms with Crippen LogP contribution in [0.5, 0.6) is 0 Å². The molecule has 3 rings (SSSR count). The molecule has 2 heterocycles. The lowest BCUT2D eigenvalue weighted by Gasteiger charge is -2.27. The summed E-state index contributed by atoms with van der Waals surface area (Å²) in [6.45, 7) is 5.12. The van der Waals surface area contributed by atoms with Crippen molar-refractivity contribution in [2.24, 2.45) is 4.99 Å². The van der Waals surface area contributed by atoms with Gasteiger partial charge in [-0.1, -0.05) is 37.6 Å². The highest BCUT2D eigenvalue weighted by atomic mass is 127. The second-order valence-electron chi connectivity index (χ2n) is 6.83. The van der Waals surface area contributed by atoms with Crippen LogP contribution in [-0.2, 0) is 12.0 Å². The monoisotopic (exact) mass is 516 g/mol. The van der Waals surface area contributed by atoms with Crippen LogP contribution in [0.15, 0.2) is 47.6 Å². The average molecular weight is 517 g/mol. The van der Waals surface area contributed by atoms with E-state index < -0.39 is 0 Å². The zero-order valence-corrected chi connectivity index (χ0v) is 19.0. The summed E-state index contributed by atoms with van der Waals surface area (Å²) >= 11 is 6.22. The maximum Gasteiger partial charge on any atom is 0.191 e. The minimum absolute atomic E-state index is 0. The van der Waals surface area contributed by atoms with Crippen molar-refractivity contribution in [2.75, 3.05) is 13.6 Å². The van der Waals surface area contributed by atoms with Gasteiger partial charge in [-0.3, -0.25) is 9.39 Å². The van der Waals surface area contributed by atoms with Crippen molar-refractivity contribution in [3.05, 3.63) is 64.8 Å². The van der Waals surface area contributed by atoms with Crippen LogP contribution >= 0.6 is 35.6 Å². The van der Waals surface area contributed by atoms with Gasteiger partial charge in [0.25, 0.3) is 0 Å². The van der Waals surface area contributed by atoms with E-state index in [2.05, 4.69) is 25.8 Å². The van der Waals surface area contributed by atoms with Crippen LogP contribution in [-0.4, -0.2) is 34.2 Å². The quantitative estimate of drug-likeness (QED) is 0.308. The minimum Gasteiger partial charge on any atom is -0.356 e. The molecule has 9 heteroatoms. The highest BCUT2D eigenvalue weighted by Gasteiger charge is 2.24. The summed E-state index contributed by atoms with van der Waals surface area (Å²) in [7, 11) is 1.70. The third kappa shape index (κ3) is 5.11. The number of aliphatic imine (C=N–C) groups is 1. The SMILES string of the molecule is CN=C(NCc1nnc2ccccn12)NCC(C)(C)c1ccc(F)cc1Cl.I. The number of aromatic nitrogens is 3. The molecule has 0 aliphatic carbocycles. The lowest BCUT2D eigenvalue weighted by molar-refractivity contribution is 0.506. The van der Waals surface area contributed by atoms with Crippen molar-refractivity contribution < 1.29 is 4.39 Å². The van der Waals surface area contributed by atoms with Gasteiger partial charge in [-0.25, -0.2) is 4.39 Å². The summed E-state index contributed by atoms with van der Waals surface area (Å²) in [5.74, 6) is 1.08. The smallest absolute Gasteiger partial charge is 0.191 e. The van der Waals surface area contributed by atoms with E-state index in [1.54, 1.807) is 13.1 Å². The summed E-state index contributed by atoms with van der Waals surface area (Å²) < 4.78 is 15.2. The van der Waals surface area contributed by atoms with Crippen LogP contribution in [0.4, 0.5) is 4.39 Å². The molecule has 0 radical (unpaired) electrons. The Kier molecular flexibility index (Phi) is 7.59. The predicted molar refractivity (Wildman–Crippen MR) is 121 cm³/mol. The molecule has 0 saturated heterocycles. The predicted octanol–water partition coefficient (Wildman–Crippen LogP) is 3.78. The van der Waals surface area contributed by atoms with Gasteiger partial charge in [-0.15, -0.1) is 34.2 Å². The topological polar surface area (TPSA) is 66.6 Å². The first-order valence-electron chi connectivity index (χ1n) is 8.59. The van der Waals surface area contributed by atoms with Gasteiger partial charge in [0, 0.05) is 30.2 Å². The number of hydrogen-bond donors (Lipinski definition) is 2. The normalized spacial score (nSPS) is 12.0. The first kappa shape index (κ1) is 22.4. The molecule has 0 aliphatic heterocycles. The number of benzene rings is 1. The number of pyridine rings is 1. The fourth-order valence-electron chi connectivity index (χ4n) is 2.83. The van der Waals surface area contributed by atoms with Gasteiger partial charge >= 0.3 is 0 Å². The Morgan fingerprint density at radius 2 is 2.00 bits per heavy atom. The van der Waals surface area contributed by atoms with Crippen LogP contribution < -0.4 is 10.6 Å². The maximum atomic E-state index is 13.3. The Hall–Kier alpha value is -1.94. The zero-order chi connectivity index (χ0) is 19.4. The Morgan fingerprint density at radius 3 is 2.71 bits per heavy atom. The number of nitrogens with zero attached hydrogens (tertiary/aromatic N) is 4. The van der Waals surface area contributed by atoms with Crippen LogP contribution in [0.3, 0.4) is 0 Å². The largest absolute Gasteiger partial charge is 0.356 e. The molecule has 0 fully saturated rings. The number of rotatable bonds is 5. The number of nitrogens with one attached hydrogen (secondary N) is 2. The van der Waals surface area contributed by atoms with Crippen molar-refractivity contribution in [2.45, 2.75) is 25.8 Å². The molecule has 0 spiro atoms. The second-order valence-corrected chi connectivity index (χ2v) is 7.24. The van der Waals surface area contributed by atoms with Crippen LogP contribution in [0.2, 0.25) is 5.02 Å². The third-order valence-electron chi connectivity index (χ3n) is 4.38. The van der Waals surface area contributed by atoms with E-state index >= 15 is 0 Å². The molecule has 3 aromatic rings. The Bertz CT molecular complexity index is 972. The van der Waals surface area contributed by atoms with Gasteiger partial charge < -0.3 is 10.6 Å². The van der Waals surface area contributed by atoms with E-state index in [-0.39, 0.29) is 35.2 Å². The number of fused-ring (bicyclic) bond motifs is 1.